The van der Waals surface area contributed by atoms with Crippen molar-refractivity contribution in [3.05, 3.63) is 57.9 Å². The first kappa shape index (κ1) is 22.6. The lowest BCUT2D eigenvalue weighted by atomic mass is 9.92. The van der Waals surface area contributed by atoms with Crippen LogP contribution in [0.1, 0.15) is 62.1 Å². The Morgan fingerprint density at radius 2 is 1.77 bits per heavy atom. The van der Waals surface area contributed by atoms with E-state index in [4.69, 9.17) is 21.1 Å². The van der Waals surface area contributed by atoms with E-state index in [2.05, 4.69) is 23.6 Å². The molecule has 1 aliphatic heterocycles. The Morgan fingerprint density at radius 1 is 1.03 bits per heavy atom. The lowest BCUT2D eigenvalue weighted by Crippen LogP contribution is -2.30. The van der Waals surface area contributed by atoms with Gasteiger partial charge in [0, 0.05) is 18.4 Å². The number of benzene rings is 2. The van der Waals surface area contributed by atoms with E-state index in [1.807, 2.05) is 0 Å². The Morgan fingerprint density at radius 3 is 2.47 bits per heavy atom. The molecule has 1 aliphatic rings. The van der Waals surface area contributed by atoms with Gasteiger partial charge in [-0.25, -0.2) is 8.97 Å². The first-order valence-electron chi connectivity index (χ1n) is 10.9. The maximum atomic E-state index is 14.5. The molecule has 0 radical (unpaired) electrons. The maximum Gasteiger partial charge on any atom is 0.184 e. The maximum absolute atomic E-state index is 14.5. The van der Waals surface area contributed by atoms with Gasteiger partial charge in [-0.1, -0.05) is 50.3 Å². The van der Waals surface area contributed by atoms with Crippen molar-refractivity contribution in [2.45, 2.75) is 58.4 Å². The van der Waals surface area contributed by atoms with Gasteiger partial charge in [-0.15, -0.1) is 0 Å². The third-order valence-corrected chi connectivity index (χ3v) is 6.23. The average molecular weight is 433 g/mol. The second-order valence-electron chi connectivity index (χ2n) is 7.85. The minimum absolute atomic E-state index is 0.247. The number of hydrogen-bond donors (Lipinski definition) is 0. The Balaban J connectivity index is 1.98. The molecule has 0 saturated heterocycles. The third kappa shape index (κ3) is 5.15. The summed E-state index contributed by atoms with van der Waals surface area (Å²) in [6.07, 6.45) is 7.90. The van der Waals surface area contributed by atoms with Gasteiger partial charge in [0.25, 0.3) is 0 Å². The summed E-state index contributed by atoms with van der Waals surface area (Å²) in [5.41, 5.74) is 4.24. The fourth-order valence-electron chi connectivity index (χ4n) is 4.19. The van der Waals surface area contributed by atoms with E-state index in [9.17, 15) is 4.39 Å². The molecule has 3 nitrogen and oxygen atoms in total. The third-order valence-electron chi connectivity index (χ3n) is 5.88. The highest BCUT2D eigenvalue weighted by Crippen LogP contribution is 2.34. The monoisotopic (exact) mass is 432 g/mol. The van der Waals surface area contributed by atoms with Crippen LogP contribution < -0.4 is 9.47 Å². The zero-order chi connectivity index (χ0) is 21.5. The fourth-order valence-corrected chi connectivity index (χ4v) is 4.42. The minimum Gasteiger partial charge on any atom is -0.493 e. The Bertz CT molecular complexity index is 890. The molecule has 1 heterocycles. The second-order valence-corrected chi connectivity index (χ2v) is 8.25. The molecule has 2 aromatic rings. The van der Waals surface area contributed by atoms with Crippen LogP contribution in [-0.4, -0.2) is 31.1 Å². The normalized spacial score (nSPS) is 13.4. The molecule has 162 valence electrons. The zero-order valence-electron chi connectivity index (χ0n) is 18.3. The molecule has 30 heavy (non-hydrogen) atoms. The molecular weight excluding hydrogens is 401 g/mol. The van der Waals surface area contributed by atoms with Crippen molar-refractivity contribution < 1.29 is 18.4 Å². The number of fused-ring (bicyclic) bond motifs is 1. The number of nitrogens with zero attached hydrogens (tertiary/aromatic N) is 1. The van der Waals surface area contributed by atoms with Gasteiger partial charge in [-0.05, 0) is 36.2 Å². The van der Waals surface area contributed by atoms with E-state index in [-0.39, 0.29) is 5.82 Å². The largest absolute Gasteiger partial charge is 0.493 e. The van der Waals surface area contributed by atoms with Crippen LogP contribution in [0.4, 0.5) is 4.39 Å². The Labute approximate surface area is 184 Å². The summed E-state index contributed by atoms with van der Waals surface area (Å²) in [6, 6.07) is 9.05. The summed E-state index contributed by atoms with van der Waals surface area (Å²) in [5, 5.41) is 0.482. The molecule has 0 N–H and O–H groups in total. The molecule has 0 aliphatic carbocycles. The highest BCUT2D eigenvalue weighted by atomic mass is 35.5. The van der Waals surface area contributed by atoms with Gasteiger partial charge >= 0.3 is 0 Å². The first-order chi connectivity index (χ1) is 14.6. The molecule has 0 amide bonds. The van der Waals surface area contributed by atoms with Gasteiger partial charge in [-0.2, -0.15) is 0 Å². The van der Waals surface area contributed by atoms with E-state index in [0.717, 1.165) is 37.3 Å². The molecule has 0 spiro atoms. The van der Waals surface area contributed by atoms with Crippen molar-refractivity contribution in [3.63, 3.8) is 0 Å². The summed E-state index contributed by atoms with van der Waals surface area (Å²) in [5.74, 6) is 1.23. The molecular formula is C25H32ClFNO2+. The molecule has 0 atom stereocenters. The van der Waals surface area contributed by atoms with Crippen LogP contribution in [0.25, 0.3) is 0 Å². The van der Waals surface area contributed by atoms with Crippen molar-refractivity contribution in [1.82, 2.24) is 0 Å². The number of halogens is 2. The van der Waals surface area contributed by atoms with Crippen molar-refractivity contribution in [1.29, 1.82) is 0 Å². The number of rotatable bonds is 10. The van der Waals surface area contributed by atoms with Gasteiger partial charge < -0.3 is 9.47 Å². The topological polar surface area (TPSA) is 21.5 Å². The smallest absolute Gasteiger partial charge is 0.184 e. The Hall–Kier alpha value is -2.07. The first-order valence-corrected chi connectivity index (χ1v) is 11.3. The van der Waals surface area contributed by atoms with E-state index >= 15 is 0 Å². The van der Waals surface area contributed by atoms with Crippen LogP contribution in [0.5, 0.6) is 11.5 Å². The molecule has 0 saturated carbocycles. The van der Waals surface area contributed by atoms with Gasteiger partial charge in [0.05, 0.1) is 24.8 Å². The summed E-state index contributed by atoms with van der Waals surface area (Å²) < 4.78 is 27.8. The molecule has 5 heteroatoms. The summed E-state index contributed by atoms with van der Waals surface area (Å²) >= 11 is 6.33. The van der Waals surface area contributed by atoms with Gasteiger partial charge in [0.2, 0.25) is 0 Å². The van der Waals surface area contributed by atoms with Crippen LogP contribution in [0.2, 0.25) is 5.02 Å². The number of hydrogen-bond acceptors (Lipinski definition) is 2. The van der Waals surface area contributed by atoms with Crippen LogP contribution in [0.3, 0.4) is 0 Å². The fraction of sp³-hybridized carbons (Fsp3) is 0.480. The summed E-state index contributed by atoms with van der Waals surface area (Å²) in [7, 11) is 3.33. The SMILES string of the molecule is CCCCCCCC1=[N+](Cc2c(F)cccc2Cl)CCc2cc(OC)c(OC)cc21. The number of methoxy groups -OCH3 is 2. The standard InChI is InChI=1S/C25H32ClFNO2/c1-4-5-6-7-8-12-23-19-16-25(30-3)24(29-2)15-18(19)13-14-28(23)17-20-21(26)10-9-11-22(20)27/h9-11,15-16H,4-8,12-14,17H2,1-3H3/q+1. The summed E-state index contributed by atoms with van der Waals surface area (Å²) in [4.78, 5) is 0. The van der Waals surface area contributed by atoms with E-state index in [1.54, 1.807) is 26.4 Å². The molecule has 0 bridgehead atoms. The average Bonchev–Trinajstić information content (AvgIpc) is 2.75. The predicted octanol–water partition coefficient (Wildman–Crippen LogP) is 6.41. The molecule has 0 unspecified atom stereocenters. The number of ether oxygens (including phenoxy) is 2. The highest BCUT2D eigenvalue weighted by molar-refractivity contribution is 6.31. The lowest BCUT2D eigenvalue weighted by Gasteiger charge is -2.21. The van der Waals surface area contributed by atoms with E-state index < -0.39 is 0 Å². The van der Waals surface area contributed by atoms with E-state index in [0.29, 0.717) is 17.1 Å². The highest BCUT2D eigenvalue weighted by Gasteiger charge is 2.28. The van der Waals surface area contributed by atoms with Gasteiger partial charge in [0.1, 0.15) is 12.4 Å². The van der Waals surface area contributed by atoms with Crippen LogP contribution >= 0.6 is 11.6 Å². The molecule has 0 fully saturated rings. The van der Waals surface area contributed by atoms with Crippen LogP contribution in [0.15, 0.2) is 30.3 Å². The minimum atomic E-state index is -0.247. The quantitative estimate of drug-likeness (QED) is 0.319. The zero-order valence-corrected chi connectivity index (χ0v) is 19.0. The Kier molecular flexibility index (Phi) is 8.15. The molecule has 3 rings (SSSR count). The number of unbranched alkanes of at least 4 members (excludes halogenated alkanes) is 4. The van der Waals surface area contributed by atoms with Crippen LogP contribution in [0, 0.1) is 5.82 Å². The van der Waals surface area contributed by atoms with Crippen molar-refractivity contribution in [3.8, 4) is 11.5 Å². The molecule has 2 aromatic carbocycles. The van der Waals surface area contributed by atoms with Gasteiger partial charge in [-0.3, -0.25) is 0 Å². The lowest BCUT2D eigenvalue weighted by molar-refractivity contribution is -0.546. The van der Waals surface area contributed by atoms with Crippen LogP contribution in [-0.2, 0) is 13.0 Å². The van der Waals surface area contributed by atoms with Crippen molar-refractivity contribution >= 4 is 17.3 Å². The van der Waals surface area contributed by atoms with E-state index in [1.165, 1.54) is 48.6 Å². The second kappa shape index (κ2) is 10.8. The molecule has 0 aromatic heterocycles. The van der Waals surface area contributed by atoms with Gasteiger partial charge in [0.15, 0.2) is 23.8 Å². The summed E-state index contributed by atoms with van der Waals surface area (Å²) in [6.45, 7) is 3.53. The van der Waals surface area contributed by atoms with Crippen molar-refractivity contribution in [2.24, 2.45) is 0 Å². The van der Waals surface area contributed by atoms with Crippen molar-refractivity contribution in [2.75, 3.05) is 20.8 Å². The predicted molar refractivity (Wildman–Crippen MR) is 121 cm³/mol.